The molecule has 10 aromatic rings. The molecule has 242 valence electrons. The third kappa shape index (κ3) is 3.64. The molecule has 0 N–H and O–H groups in total. The highest BCUT2D eigenvalue weighted by Crippen LogP contribution is 2.53. The van der Waals surface area contributed by atoms with Crippen molar-refractivity contribution in [1.82, 2.24) is 9.13 Å². The van der Waals surface area contributed by atoms with Crippen LogP contribution in [0.1, 0.15) is 30.5 Å². The Balaban J connectivity index is 1.16. The van der Waals surface area contributed by atoms with Crippen LogP contribution in [0.2, 0.25) is 0 Å². The summed E-state index contributed by atoms with van der Waals surface area (Å²) in [6.45, 7) is 12.2. The molecule has 0 amide bonds. The molecular weight excluding hydrogens is 637 g/mol. The van der Waals surface area contributed by atoms with E-state index in [1.807, 2.05) is 18.2 Å². The number of rotatable bonds is 2. The Hall–Kier alpha value is -7.08. The van der Waals surface area contributed by atoms with Gasteiger partial charge in [0.2, 0.25) is 0 Å². The smallest absolute Gasteiger partial charge is 0.188 e. The number of fused-ring (bicyclic) bond motifs is 13. The van der Waals surface area contributed by atoms with Crippen LogP contribution in [0.3, 0.4) is 0 Å². The quantitative estimate of drug-likeness (QED) is 0.173. The first-order chi connectivity index (χ1) is 25.4. The fraction of sp³-hybridized carbons (Fsp3) is 0.0638. The third-order valence-corrected chi connectivity index (χ3v) is 11.3. The Bertz CT molecular complexity index is 3300. The van der Waals surface area contributed by atoms with Crippen molar-refractivity contribution in [3.8, 4) is 28.6 Å². The average molecular weight is 665 g/mol. The minimum absolute atomic E-state index is 0.183. The molecule has 1 aliphatic carbocycles. The van der Waals surface area contributed by atoms with Gasteiger partial charge in [-0.05, 0) is 107 Å². The van der Waals surface area contributed by atoms with Crippen molar-refractivity contribution in [2.24, 2.45) is 0 Å². The van der Waals surface area contributed by atoms with E-state index in [4.69, 9.17) is 11.0 Å². The Morgan fingerprint density at radius 1 is 0.596 bits per heavy atom. The normalized spacial score (nSPS) is 13.3. The van der Waals surface area contributed by atoms with Gasteiger partial charge in [-0.25, -0.2) is 4.85 Å². The first-order valence-corrected chi connectivity index (χ1v) is 17.4. The van der Waals surface area contributed by atoms with Gasteiger partial charge in [0.15, 0.2) is 5.69 Å². The zero-order chi connectivity index (χ0) is 34.9. The molecule has 0 fully saturated rings. The Labute approximate surface area is 298 Å². The highest BCUT2D eigenvalue weighted by atomic mass is 16.3. The molecule has 1 aliphatic rings. The lowest BCUT2D eigenvalue weighted by atomic mass is 9.82. The molecule has 52 heavy (non-hydrogen) atoms. The summed E-state index contributed by atoms with van der Waals surface area (Å²) < 4.78 is 11.1. The van der Waals surface area contributed by atoms with Crippen molar-refractivity contribution in [3.05, 3.63) is 162 Å². The first-order valence-electron chi connectivity index (χ1n) is 17.4. The summed E-state index contributed by atoms with van der Waals surface area (Å²) in [5.41, 5.74) is 14.2. The second kappa shape index (κ2) is 10.0. The maximum absolute atomic E-state index is 9.84. The minimum Gasteiger partial charge on any atom is -0.456 e. The molecule has 0 atom stereocenters. The summed E-state index contributed by atoms with van der Waals surface area (Å²) in [5.74, 6) is 0. The van der Waals surface area contributed by atoms with Crippen LogP contribution in [0, 0.1) is 17.9 Å². The van der Waals surface area contributed by atoms with Crippen LogP contribution < -0.4 is 0 Å². The predicted octanol–water partition coefficient (Wildman–Crippen LogP) is 12.5. The number of benzene rings is 7. The van der Waals surface area contributed by atoms with Gasteiger partial charge in [0.25, 0.3) is 0 Å². The van der Waals surface area contributed by atoms with Gasteiger partial charge in [-0.2, -0.15) is 5.26 Å². The molecule has 0 unspecified atom stereocenters. The Kier molecular flexibility index (Phi) is 5.53. The van der Waals surface area contributed by atoms with Crippen molar-refractivity contribution in [1.29, 1.82) is 5.26 Å². The number of aromatic nitrogens is 2. The predicted molar refractivity (Wildman–Crippen MR) is 211 cm³/mol. The molecule has 5 nitrogen and oxygen atoms in total. The number of furan rings is 1. The number of hydrogen-bond acceptors (Lipinski definition) is 2. The fourth-order valence-electron chi connectivity index (χ4n) is 8.99. The van der Waals surface area contributed by atoms with Gasteiger partial charge in [0.1, 0.15) is 11.2 Å². The number of nitriles is 1. The Morgan fingerprint density at radius 2 is 1.21 bits per heavy atom. The molecule has 0 saturated carbocycles. The van der Waals surface area contributed by atoms with Crippen LogP contribution in [0.15, 0.2) is 138 Å². The van der Waals surface area contributed by atoms with Crippen molar-refractivity contribution >= 4 is 71.2 Å². The molecule has 0 aliphatic heterocycles. The van der Waals surface area contributed by atoms with Crippen molar-refractivity contribution < 1.29 is 4.42 Å². The van der Waals surface area contributed by atoms with E-state index < -0.39 is 0 Å². The molecule has 0 saturated heterocycles. The van der Waals surface area contributed by atoms with Crippen LogP contribution >= 0.6 is 0 Å². The van der Waals surface area contributed by atoms with Gasteiger partial charge in [0.05, 0.1) is 40.3 Å². The molecule has 0 radical (unpaired) electrons. The zero-order valence-electron chi connectivity index (χ0n) is 28.4. The van der Waals surface area contributed by atoms with Crippen LogP contribution in [0.25, 0.3) is 92.9 Å². The van der Waals surface area contributed by atoms with Crippen LogP contribution in [0.5, 0.6) is 0 Å². The van der Waals surface area contributed by atoms with E-state index in [1.165, 1.54) is 27.5 Å². The second-order valence-corrected chi connectivity index (χ2v) is 14.4. The summed E-state index contributed by atoms with van der Waals surface area (Å²) >= 11 is 0. The number of hydrogen-bond donors (Lipinski definition) is 0. The summed E-state index contributed by atoms with van der Waals surface area (Å²) in [4.78, 5) is 3.70. The van der Waals surface area contributed by atoms with Crippen molar-refractivity contribution in [3.63, 3.8) is 0 Å². The molecule has 0 bridgehead atoms. The van der Waals surface area contributed by atoms with Gasteiger partial charge in [-0.3, -0.25) is 0 Å². The molecule has 3 aromatic heterocycles. The van der Waals surface area contributed by atoms with E-state index in [1.54, 1.807) is 0 Å². The summed E-state index contributed by atoms with van der Waals surface area (Å²) in [5, 5.41) is 16.5. The average Bonchev–Trinajstić information content (AvgIpc) is 3.89. The van der Waals surface area contributed by atoms with E-state index in [9.17, 15) is 5.26 Å². The molecular formula is C47H28N4O. The molecule has 5 heteroatoms. The SMILES string of the molecule is [C-]#[N+]c1ccc2c(c1)c1ccccc1n2-c1ccc2oc3ccc(-n4c5ccccc5c5c6c(ccc54)C(C)(C)c4ccc(C#N)cc4-6)cc3c2c1. The van der Waals surface area contributed by atoms with E-state index in [0.29, 0.717) is 11.3 Å². The third-order valence-electron chi connectivity index (χ3n) is 11.3. The molecule has 7 aromatic carbocycles. The van der Waals surface area contributed by atoms with Crippen LogP contribution in [-0.4, -0.2) is 9.13 Å². The molecule has 3 heterocycles. The van der Waals surface area contributed by atoms with Gasteiger partial charge >= 0.3 is 0 Å². The Morgan fingerprint density at radius 3 is 1.92 bits per heavy atom. The summed E-state index contributed by atoms with van der Waals surface area (Å²) in [6, 6.07) is 48.9. The number of para-hydroxylation sites is 2. The topological polar surface area (TPSA) is 51.1 Å². The largest absolute Gasteiger partial charge is 0.456 e. The molecule has 0 spiro atoms. The van der Waals surface area contributed by atoms with Gasteiger partial charge in [0, 0.05) is 43.7 Å². The van der Waals surface area contributed by atoms with Crippen molar-refractivity contribution in [2.75, 3.05) is 0 Å². The van der Waals surface area contributed by atoms with E-state index in [0.717, 1.165) is 71.7 Å². The van der Waals surface area contributed by atoms with E-state index in [-0.39, 0.29) is 5.41 Å². The standard InChI is InChI=1S/C47H28N4O/c1-47(2)37-16-12-27(26-48)22-36(37)45-38(47)17-19-42-46(45)32-9-5-7-11-40(32)51(42)30-15-21-44-35(25-30)34-24-29(14-20-43(34)52-44)50-39-10-6-4-8-31(39)33-23-28(49-3)13-18-41(33)50/h4-25H,1-2H3. The van der Waals surface area contributed by atoms with Gasteiger partial charge in [-0.15, -0.1) is 0 Å². The highest BCUT2D eigenvalue weighted by molar-refractivity contribution is 6.18. The van der Waals surface area contributed by atoms with E-state index >= 15 is 0 Å². The lowest BCUT2D eigenvalue weighted by molar-refractivity contribution is 0.661. The van der Waals surface area contributed by atoms with Crippen molar-refractivity contribution in [2.45, 2.75) is 19.3 Å². The van der Waals surface area contributed by atoms with Gasteiger partial charge in [-0.1, -0.05) is 68.4 Å². The second-order valence-electron chi connectivity index (χ2n) is 14.4. The first kappa shape index (κ1) is 28.7. The molecule has 11 rings (SSSR count). The van der Waals surface area contributed by atoms with Crippen LogP contribution in [0.4, 0.5) is 5.69 Å². The van der Waals surface area contributed by atoms with E-state index in [2.05, 4.69) is 149 Å². The highest BCUT2D eigenvalue weighted by Gasteiger charge is 2.37. The summed E-state index contributed by atoms with van der Waals surface area (Å²) in [6.07, 6.45) is 0. The number of nitrogens with zero attached hydrogens (tertiary/aromatic N) is 4. The fourth-order valence-corrected chi connectivity index (χ4v) is 8.99. The lowest BCUT2D eigenvalue weighted by Crippen LogP contribution is -2.14. The lowest BCUT2D eigenvalue weighted by Gasteiger charge is -2.21. The minimum atomic E-state index is -0.183. The monoisotopic (exact) mass is 664 g/mol. The zero-order valence-corrected chi connectivity index (χ0v) is 28.4. The summed E-state index contributed by atoms with van der Waals surface area (Å²) in [7, 11) is 0. The van der Waals surface area contributed by atoms with Crippen LogP contribution in [-0.2, 0) is 5.41 Å². The van der Waals surface area contributed by atoms with Gasteiger partial charge < -0.3 is 13.6 Å². The maximum Gasteiger partial charge on any atom is 0.188 e. The maximum atomic E-state index is 9.84.